The van der Waals surface area contributed by atoms with Crippen molar-refractivity contribution in [3.8, 4) is 5.92 Å². The molecular weight excluding hydrogens is 102 g/mol. The fourth-order valence-electron chi connectivity index (χ4n) is 0.110. The van der Waals surface area contributed by atoms with E-state index in [2.05, 4.69) is 19.9 Å². The molecule has 0 saturated heterocycles. The Labute approximate surface area is 58.7 Å². The first-order valence-electron chi connectivity index (χ1n) is 1.63. The van der Waals surface area contributed by atoms with E-state index >= 15 is 0 Å². The van der Waals surface area contributed by atoms with Gasteiger partial charge >= 0.3 is 18.9 Å². The molecule has 0 saturated carbocycles. The largest absolute Gasteiger partial charge is 1.00 e. The van der Waals surface area contributed by atoms with Gasteiger partial charge < -0.3 is 16.9 Å². The second-order valence-electron chi connectivity index (χ2n) is 0.798. The molecule has 0 aliphatic carbocycles. The van der Waals surface area contributed by atoms with Crippen molar-refractivity contribution in [3.05, 3.63) is 6.42 Å². The summed E-state index contributed by atoms with van der Waals surface area (Å²) >= 11 is 0. The average Bonchev–Trinajstić information content (AvgIpc) is 1.61. The van der Waals surface area contributed by atoms with E-state index in [0.717, 1.165) is 0 Å². The first-order valence-corrected chi connectivity index (χ1v) is 2.10. The number of hydrogen-bond donors (Lipinski definition) is 0. The van der Waals surface area contributed by atoms with Gasteiger partial charge in [0.25, 0.3) is 0 Å². The van der Waals surface area contributed by atoms with Gasteiger partial charge in [-0.05, 0) is 6.42 Å². The molecule has 0 amide bonds. The Morgan fingerprint density at radius 2 is 2.29 bits per heavy atom. The first kappa shape index (κ1) is 10.5. The third-order valence-electron chi connectivity index (χ3n) is 0.345. The molecule has 0 aromatic rings. The summed E-state index contributed by atoms with van der Waals surface area (Å²) in [5.41, 5.74) is 0. The molecule has 0 heterocycles. The molecule has 0 aliphatic rings. The molecule has 0 spiro atoms. The summed E-state index contributed by atoms with van der Waals surface area (Å²) in [6.45, 7) is 0.578. The SMILES string of the molecule is [C-]#CCCOP.[Li+]. The average molecular weight is 108 g/mol. The van der Waals surface area contributed by atoms with Crippen molar-refractivity contribution in [2.24, 2.45) is 0 Å². The van der Waals surface area contributed by atoms with Gasteiger partial charge in [-0.1, -0.05) is 0 Å². The van der Waals surface area contributed by atoms with Gasteiger partial charge in [0, 0.05) is 9.47 Å². The zero-order chi connectivity index (χ0) is 4.83. The smallest absolute Gasteiger partial charge is 0.694 e. The van der Waals surface area contributed by atoms with Crippen LogP contribution in [0, 0.1) is 12.3 Å². The van der Waals surface area contributed by atoms with E-state index in [4.69, 9.17) is 6.42 Å². The van der Waals surface area contributed by atoms with Crippen LogP contribution in [0.3, 0.4) is 0 Å². The Morgan fingerprint density at radius 1 is 1.71 bits per heavy atom. The van der Waals surface area contributed by atoms with E-state index in [1.807, 2.05) is 0 Å². The zero-order valence-electron chi connectivity index (χ0n) is 4.40. The maximum Gasteiger partial charge on any atom is 1.00 e. The minimum absolute atomic E-state index is 0. The summed E-state index contributed by atoms with van der Waals surface area (Å²) in [6.07, 6.45) is 6.95. The summed E-state index contributed by atoms with van der Waals surface area (Å²) < 4.78 is 4.52. The van der Waals surface area contributed by atoms with Crippen LogP contribution in [-0.4, -0.2) is 6.61 Å². The van der Waals surface area contributed by atoms with E-state index in [0.29, 0.717) is 13.0 Å². The van der Waals surface area contributed by atoms with Crippen LogP contribution in [0.1, 0.15) is 6.42 Å². The van der Waals surface area contributed by atoms with Crippen LogP contribution in [0.2, 0.25) is 0 Å². The van der Waals surface area contributed by atoms with E-state index in [1.54, 1.807) is 0 Å². The van der Waals surface area contributed by atoms with E-state index in [1.165, 1.54) is 0 Å². The molecule has 1 nitrogen and oxygen atoms in total. The van der Waals surface area contributed by atoms with Crippen LogP contribution < -0.4 is 18.9 Å². The molecule has 34 valence electrons. The summed E-state index contributed by atoms with van der Waals surface area (Å²) in [7, 11) is 2.11. The van der Waals surface area contributed by atoms with Gasteiger partial charge in [0.15, 0.2) is 0 Å². The van der Waals surface area contributed by atoms with Crippen LogP contribution in [-0.2, 0) is 4.52 Å². The van der Waals surface area contributed by atoms with Crippen molar-refractivity contribution in [2.45, 2.75) is 6.42 Å². The molecule has 0 aromatic heterocycles. The van der Waals surface area contributed by atoms with Crippen molar-refractivity contribution in [1.82, 2.24) is 0 Å². The predicted molar refractivity (Wildman–Crippen MR) is 27.4 cm³/mol. The van der Waals surface area contributed by atoms with Crippen LogP contribution in [0.25, 0.3) is 0 Å². The molecule has 1 atom stereocenters. The van der Waals surface area contributed by atoms with Crippen molar-refractivity contribution in [3.63, 3.8) is 0 Å². The predicted octanol–water partition coefficient (Wildman–Crippen LogP) is -2.22. The van der Waals surface area contributed by atoms with Crippen molar-refractivity contribution < 1.29 is 23.4 Å². The Bertz CT molecular complexity index is 59.2. The molecule has 0 aliphatic heterocycles. The van der Waals surface area contributed by atoms with Gasteiger partial charge in [-0.15, -0.1) is 0 Å². The zero-order valence-corrected chi connectivity index (χ0v) is 5.55. The Balaban J connectivity index is 0. The van der Waals surface area contributed by atoms with Gasteiger partial charge in [-0.2, -0.15) is 0 Å². The van der Waals surface area contributed by atoms with Crippen LogP contribution >= 0.6 is 9.47 Å². The topological polar surface area (TPSA) is 9.23 Å². The van der Waals surface area contributed by atoms with Gasteiger partial charge in [0.2, 0.25) is 0 Å². The molecular formula is C4H6LiOP. The van der Waals surface area contributed by atoms with E-state index < -0.39 is 0 Å². The summed E-state index contributed by atoms with van der Waals surface area (Å²) in [4.78, 5) is 0. The minimum Gasteiger partial charge on any atom is -0.694 e. The second kappa shape index (κ2) is 9.74. The van der Waals surface area contributed by atoms with Gasteiger partial charge in [0.1, 0.15) is 0 Å². The molecule has 0 aromatic carbocycles. The first-order chi connectivity index (χ1) is 2.91. The van der Waals surface area contributed by atoms with Crippen molar-refractivity contribution in [1.29, 1.82) is 0 Å². The molecule has 0 fully saturated rings. The second-order valence-corrected chi connectivity index (χ2v) is 1.13. The van der Waals surface area contributed by atoms with Crippen LogP contribution in [0.5, 0.6) is 0 Å². The Morgan fingerprint density at radius 3 is 2.43 bits per heavy atom. The Hall–Kier alpha value is 0.547. The summed E-state index contributed by atoms with van der Waals surface area (Å²) in [5.74, 6) is 2.18. The molecule has 0 N–H and O–H groups in total. The fraction of sp³-hybridized carbons (Fsp3) is 0.500. The summed E-state index contributed by atoms with van der Waals surface area (Å²) in [6, 6.07) is 0. The third-order valence-corrected chi connectivity index (χ3v) is 0.581. The standard InChI is InChI=1S/C4H6OP.Li/c1-2-3-4-5-6;/h3-4,6H2;/q-1;+1. The van der Waals surface area contributed by atoms with Gasteiger partial charge in [0.05, 0.1) is 6.61 Å². The molecule has 0 rings (SSSR count). The third kappa shape index (κ3) is 10.8. The van der Waals surface area contributed by atoms with Crippen LogP contribution in [0.4, 0.5) is 0 Å². The molecule has 7 heavy (non-hydrogen) atoms. The van der Waals surface area contributed by atoms with E-state index in [-0.39, 0.29) is 18.9 Å². The van der Waals surface area contributed by atoms with Crippen molar-refractivity contribution in [2.75, 3.05) is 6.61 Å². The summed E-state index contributed by atoms with van der Waals surface area (Å²) in [5, 5.41) is 0. The maximum absolute atomic E-state index is 6.37. The maximum atomic E-state index is 6.37. The van der Waals surface area contributed by atoms with Gasteiger partial charge in [-0.25, -0.2) is 0 Å². The van der Waals surface area contributed by atoms with Crippen molar-refractivity contribution >= 4 is 9.47 Å². The fourth-order valence-corrected chi connectivity index (χ4v) is 0.228. The molecule has 0 bridgehead atoms. The normalized spacial score (nSPS) is 6.29. The van der Waals surface area contributed by atoms with Crippen LogP contribution in [0.15, 0.2) is 0 Å². The Kier molecular flexibility index (Phi) is 14.6. The van der Waals surface area contributed by atoms with Gasteiger partial charge in [-0.3, -0.25) is 0 Å². The number of hydrogen-bond acceptors (Lipinski definition) is 1. The molecule has 0 radical (unpaired) electrons. The molecule has 1 unspecified atom stereocenters. The quantitative estimate of drug-likeness (QED) is 0.128. The monoisotopic (exact) mass is 108 g/mol. The van der Waals surface area contributed by atoms with E-state index in [9.17, 15) is 0 Å². The number of rotatable bonds is 2. The molecule has 3 heteroatoms. The minimum atomic E-state index is 0.